The molecule has 0 saturated carbocycles. The minimum Gasteiger partial charge on any atom is -0.507 e. The SMILES string of the molecule is COc1ccc2c(O)cc3c(c2c1)CCN3C(=O)c1cc2c3c(ccc2[nH]1)N(C(N)=O)CC3. The van der Waals surface area contributed by atoms with Gasteiger partial charge in [-0.3, -0.25) is 9.69 Å². The molecule has 8 nitrogen and oxygen atoms in total. The molecule has 4 N–H and O–H groups in total. The van der Waals surface area contributed by atoms with Gasteiger partial charge in [-0.05, 0) is 65.8 Å². The molecule has 4 aromatic rings. The van der Waals surface area contributed by atoms with Crippen molar-refractivity contribution in [1.29, 1.82) is 0 Å². The van der Waals surface area contributed by atoms with E-state index in [4.69, 9.17) is 10.5 Å². The van der Waals surface area contributed by atoms with Crippen LogP contribution in [0.5, 0.6) is 11.5 Å². The lowest BCUT2D eigenvalue weighted by molar-refractivity contribution is 0.0985. The van der Waals surface area contributed by atoms with Crippen LogP contribution in [0, 0.1) is 0 Å². The Bertz CT molecular complexity index is 1490. The van der Waals surface area contributed by atoms with Gasteiger partial charge in [0.15, 0.2) is 0 Å². The monoisotopic (exact) mass is 442 g/mol. The molecule has 6 rings (SSSR count). The van der Waals surface area contributed by atoms with Gasteiger partial charge in [0.05, 0.1) is 12.8 Å². The van der Waals surface area contributed by atoms with Gasteiger partial charge >= 0.3 is 6.03 Å². The fourth-order valence-electron chi connectivity index (χ4n) is 5.22. The number of phenols is 1. The highest BCUT2D eigenvalue weighted by atomic mass is 16.5. The number of aromatic hydroxyl groups is 1. The fraction of sp³-hybridized carbons (Fsp3) is 0.200. The number of amides is 3. The lowest BCUT2D eigenvalue weighted by atomic mass is 10.0. The number of H-pyrrole nitrogens is 1. The summed E-state index contributed by atoms with van der Waals surface area (Å²) in [5.41, 5.74) is 10.3. The topological polar surface area (TPSA) is 112 Å². The number of hydrogen-bond donors (Lipinski definition) is 3. The molecular formula is C25H22N4O4. The van der Waals surface area contributed by atoms with Crippen molar-refractivity contribution < 1.29 is 19.4 Å². The number of carbonyl (C=O) groups excluding carboxylic acids is 2. The Balaban J connectivity index is 1.42. The van der Waals surface area contributed by atoms with Crippen LogP contribution in [-0.2, 0) is 12.8 Å². The molecule has 0 fully saturated rings. The molecule has 2 aliphatic heterocycles. The Hall–Kier alpha value is -4.20. The summed E-state index contributed by atoms with van der Waals surface area (Å²) >= 11 is 0. The molecule has 8 heteroatoms. The zero-order valence-electron chi connectivity index (χ0n) is 18.0. The van der Waals surface area contributed by atoms with Gasteiger partial charge in [-0.15, -0.1) is 0 Å². The van der Waals surface area contributed by atoms with E-state index in [1.165, 1.54) is 0 Å². The Kier molecular flexibility index (Phi) is 4.07. The largest absolute Gasteiger partial charge is 0.507 e. The summed E-state index contributed by atoms with van der Waals surface area (Å²) in [6.45, 7) is 1.06. The van der Waals surface area contributed by atoms with E-state index >= 15 is 0 Å². The lowest BCUT2D eigenvalue weighted by Gasteiger charge is -2.17. The smallest absolute Gasteiger partial charge is 0.319 e. The molecule has 2 aliphatic rings. The number of fused-ring (bicyclic) bond motifs is 6. The molecule has 0 saturated heterocycles. The molecule has 3 amide bonds. The van der Waals surface area contributed by atoms with Gasteiger partial charge in [0.25, 0.3) is 5.91 Å². The van der Waals surface area contributed by atoms with Crippen molar-refractivity contribution in [2.24, 2.45) is 5.73 Å². The Morgan fingerprint density at radius 3 is 2.45 bits per heavy atom. The number of urea groups is 1. The number of methoxy groups -OCH3 is 1. The van der Waals surface area contributed by atoms with Crippen molar-refractivity contribution in [2.45, 2.75) is 12.8 Å². The molecule has 0 atom stereocenters. The number of nitrogens with zero attached hydrogens (tertiary/aromatic N) is 2. The van der Waals surface area contributed by atoms with Gasteiger partial charge in [0, 0.05) is 41.1 Å². The lowest BCUT2D eigenvalue weighted by Crippen LogP contribution is -2.33. The normalized spacial score (nSPS) is 14.7. The molecule has 0 unspecified atom stereocenters. The molecule has 0 spiro atoms. The summed E-state index contributed by atoms with van der Waals surface area (Å²) in [5, 5.41) is 13.2. The first-order valence-electron chi connectivity index (χ1n) is 10.8. The van der Waals surface area contributed by atoms with Gasteiger partial charge in [-0.25, -0.2) is 4.79 Å². The highest BCUT2D eigenvalue weighted by Crippen LogP contribution is 2.42. The van der Waals surface area contributed by atoms with Crippen molar-refractivity contribution in [3.05, 3.63) is 59.3 Å². The zero-order valence-corrected chi connectivity index (χ0v) is 18.0. The summed E-state index contributed by atoms with van der Waals surface area (Å²) < 4.78 is 5.36. The Labute approximate surface area is 189 Å². The number of phenolic OH excluding ortho intramolecular Hbond substituents is 1. The van der Waals surface area contributed by atoms with E-state index in [0.717, 1.165) is 38.5 Å². The van der Waals surface area contributed by atoms with Gasteiger partial charge in [0.2, 0.25) is 0 Å². The molecule has 0 radical (unpaired) electrons. The first-order chi connectivity index (χ1) is 16.0. The number of rotatable bonds is 2. The predicted molar refractivity (Wildman–Crippen MR) is 126 cm³/mol. The van der Waals surface area contributed by atoms with E-state index < -0.39 is 6.03 Å². The third-order valence-corrected chi connectivity index (χ3v) is 6.79. The van der Waals surface area contributed by atoms with Crippen molar-refractivity contribution in [1.82, 2.24) is 4.98 Å². The summed E-state index contributed by atoms with van der Waals surface area (Å²) in [6, 6.07) is 12.3. The standard InChI is InChI=1S/C25H22N4O4/c1-33-13-2-3-16-17(10-13)14-6-8-28(22(14)12-23(16)30)24(31)20-11-18-15-7-9-29(25(26)32)21(15)5-4-19(18)27-20/h2-5,10-12,27,30H,6-9H2,1H3,(H2,26,32). The molecule has 3 aromatic carbocycles. The van der Waals surface area contributed by atoms with Crippen LogP contribution in [0.1, 0.15) is 21.6 Å². The quantitative estimate of drug-likeness (QED) is 0.440. The average Bonchev–Trinajstić information content (AvgIpc) is 3.53. The third-order valence-electron chi connectivity index (χ3n) is 6.79. The first-order valence-corrected chi connectivity index (χ1v) is 10.8. The molecule has 0 aliphatic carbocycles. The van der Waals surface area contributed by atoms with Crippen LogP contribution in [0.25, 0.3) is 21.7 Å². The number of primary amides is 1. The number of ether oxygens (including phenoxy) is 1. The Morgan fingerprint density at radius 1 is 0.939 bits per heavy atom. The highest BCUT2D eigenvalue weighted by Gasteiger charge is 2.31. The maximum Gasteiger partial charge on any atom is 0.319 e. The van der Waals surface area contributed by atoms with E-state index in [0.29, 0.717) is 43.1 Å². The van der Waals surface area contributed by atoms with Crippen LogP contribution >= 0.6 is 0 Å². The molecular weight excluding hydrogens is 420 g/mol. The molecule has 166 valence electrons. The summed E-state index contributed by atoms with van der Waals surface area (Å²) in [5.74, 6) is 0.673. The van der Waals surface area contributed by atoms with E-state index in [1.54, 1.807) is 23.0 Å². The molecule has 0 bridgehead atoms. The predicted octanol–water partition coefficient (Wildman–Crippen LogP) is 3.68. The van der Waals surface area contributed by atoms with Crippen LogP contribution < -0.4 is 20.3 Å². The number of hydrogen-bond acceptors (Lipinski definition) is 4. The second-order valence-corrected chi connectivity index (χ2v) is 8.46. The van der Waals surface area contributed by atoms with Gasteiger partial charge in [-0.1, -0.05) is 0 Å². The van der Waals surface area contributed by atoms with Crippen LogP contribution in [0.2, 0.25) is 0 Å². The number of aromatic amines is 1. The van der Waals surface area contributed by atoms with Crippen LogP contribution in [-0.4, -0.2) is 42.2 Å². The van der Waals surface area contributed by atoms with Crippen molar-refractivity contribution in [3.8, 4) is 11.5 Å². The highest BCUT2D eigenvalue weighted by molar-refractivity contribution is 6.11. The summed E-state index contributed by atoms with van der Waals surface area (Å²) in [4.78, 5) is 31.7. The summed E-state index contributed by atoms with van der Waals surface area (Å²) in [6.07, 6.45) is 1.38. The Morgan fingerprint density at radius 2 is 1.70 bits per heavy atom. The number of aromatic nitrogens is 1. The first kappa shape index (κ1) is 19.5. The maximum absolute atomic E-state index is 13.5. The second-order valence-electron chi connectivity index (χ2n) is 8.46. The minimum absolute atomic E-state index is 0.132. The maximum atomic E-state index is 13.5. The second kappa shape index (κ2) is 6.90. The zero-order chi connectivity index (χ0) is 22.9. The van der Waals surface area contributed by atoms with Crippen LogP contribution in [0.3, 0.4) is 0 Å². The van der Waals surface area contributed by atoms with Crippen LogP contribution in [0.15, 0.2) is 42.5 Å². The van der Waals surface area contributed by atoms with Gasteiger partial charge in [0.1, 0.15) is 17.2 Å². The van der Waals surface area contributed by atoms with Crippen molar-refractivity contribution >= 4 is 45.0 Å². The number of nitrogens with one attached hydrogen (secondary N) is 1. The third kappa shape index (κ3) is 2.77. The van der Waals surface area contributed by atoms with E-state index in [2.05, 4.69) is 4.98 Å². The molecule has 33 heavy (non-hydrogen) atoms. The number of nitrogens with two attached hydrogens (primary N) is 1. The average molecular weight is 442 g/mol. The molecule has 1 aromatic heterocycles. The van der Waals surface area contributed by atoms with E-state index in [9.17, 15) is 14.7 Å². The van der Waals surface area contributed by atoms with Gasteiger partial charge in [-0.2, -0.15) is 0 Å². The van der Waals surface area contributed by atoms with E-state index in [1.807, 2.05) is 36.4 Å². The molecule has 3 heterocycles. The van der Waals surface area contributed by atoms with Crippen molar-refractivity contribution in [2.75, 3.05) is 30.0 Å². The minimum atomic E-state index is -0.475. The van der Waals surface area contributed by atoms with Crippen molar-refractivity contribution in [3.63, 3.8) is 0 Å². The summed E-state index contributed by atoms with van der Waals surface area (Å²) in [7, 11) is 1.61. The number of benzene rings is 3. The van der Waals surface area contributed by atoms with Gasteiger partial charge < -0.3 is 25.5 Å². The number of anilines is 2. The van der Waals surface area contributed by atoms with E-state index in [-0.39, 0.29) is 11.7 Å². The number of carbonyl (C=O) groups is 2. The van der Waals surface area contributed by atoms with Crippen LogP contribution in [0.4, 0.5) is 16.2 Å². The fourth-order valence-corrected chi connectivity index (χ4v) is 5.22.